The number of aryl methyl sites for hydroxylation is 2. The first kappa shape index (κ1) is 80.3. The zero-order valence-corrected chi connectivity index (χ0v) is 56.1. The third kappa shape index (κ3) is 28.4. The number of hydrogen-bond acceptors (Lipinski definition) is 9. The van der Waals surface area contributed by atoms with Crippen LogP contribution in [0.25, 0.3) is 0 Å². The second-order valence-corrected chi connectivity index (χ2v) is 22.2. The van der Waals surface area contributed by atoms with Crippen molar-refractivity contribution in [3.05, 3.63) is 138 Å². The topological polar surface area (TPSA) is 120 Å². The minimum Gasteiger partial charge on any atom is -0.479 e. The lowest BCUT2D eigenvalue weighted by Crippen LogP contribution is -2.48. The van der Waals surface area contributed by atoms with Crippen molar-refractivity contribution in [2.75, 3.05) is 14.1 Å². The van der Waals surface area contributed by atoms with Crippen molar-refractivity contribution in [1.29, 1.82) is 0 Å². The summed E-state index contributed by atoms with van der Waals surface area (Å²) in [6, 6.07) is 14.7. The molecular weight excluding hydrogens is 1020 g/mol. The number of hydrogen-bond donors (Lipinski definition) is 0. The average Bonchev–Trinajstić information content (AvgIpc) is 3.59. The number of ether oxygens (including phenoxy) is 3. The Labute approximate surface area is 501 Å². The van der Waals surface area contributed by atoms with Gasteiger partial charge in [-0.15, -0.1) is 12.3 Å². The molecule has 10 nitrogen and oxygen atoms in total. The maximum atomic E-state index is 14.9. The Bertz CT molecular complexity index is 2340. The Morgan fingerprint density at radius 3 is 1.37 bits per heavy atom. The molecule has 0 aliphatic heterocycles. The molecule has 1 unspecified atom stereocenters. The maximum Gasteiger partial charge on any atom is 0.310 e. The molecule has 0 spiro atoms. The first-order chi connectivity index (χ1) is 38.7. The van der Waals surface area contributed by atoms with Crippen molar-refractivity contribution < 1.29 is 38.2 Å². The summed E-state index contributed by atoms with van der Waals surface area (Å²) < 4.78 is 19.7. The molecule has 0 aliphatic rings. The number of amides is 1. The van der Waals surface area contributed by atoms with Crippen LogP contribution in [-0.2, 0) is 51.0 Å². The van der Waals surface area contributed by atoms with E-state index in [4.69, 9.17) is 14.2 Å². The molecule has 0 saturated heterocycles. The molecule has 0 fully saturated rings. The maximum absolute atomic E-state index is 14.9. The molecule has 0 N–H and O–H groups in total. The molecule has 1 amide bonds. The van der Waals surface area contributed by atoms with Crippen LogP contribution >= 0.6 is 0 Å². The van der Waals surface area contributed by atoms with Gasteiger partial charge in [0.2, 0.25) is 0 Å². The minimum atomic E-state index is -1.25. The van der Waals surface area contributed by atoms with Gasteiger partial charge in [-0.25, -0.2) is 0 Å². The number of carbonyl (C=O) groups is 5. The van der Waals surface area contributed by atoms with E-state index in [9.17, 15) is 24.0 Å². The van der Waals surface area contributed by atoms with Crippen LogP contribution < -0.4 is 0 Å². The number of Topliss-reactive ketones (excluding diaryl/α,β-unsaturated/α-hetero) is 3. The highest BCUT2D eigenvalue weighted by molar-refractivity contribution is 5.90. The highest BCUT2D eigenvalue weighted by atomic mass is 16.5. The lowest BCUT2D eigenvalue weighted by atomic mass is 9.80. The van der Waals surface area contributed by atoms with Crippen molar-refractivity contribution in [3.63, 3.8) is 0 Å². The molecular formula is C72H116N2O8. The van der Waals surface area contributed by atoms with Crippen molar-refractivity contribution in [1.82, 2.24) is 9.80 Å². The molecule has 0 aromatic heterocycles. The average molecular weight is 1140 g/mol. The zero-order valence-electron chi connectivity index (χ0n) is 56.1. The van der Waals surface area contributed by atoms with Crippen molar-refractivity contribution >= 4 is 29.2 Å². The summed E-state index contributed by atoms with van der Waals surface area (Å²) >= 11 is 0. The van der Waals surface area contributed by atoms with Gasteiger partial charge in [-0.05, 0) is 88.2 Å². The molecule has 2 aromatic carbocycles. The molecule has 2 aromatic rings. The minimum absolute atomic E-state index is 0.0213. The fourth-order valence-electron chi connectivity index (χ4n) is 9.35. The number of esters is 1. The van der Waals surface area contributed by atoms with Crippen LogP contribution in [0, 0.1) is 61.2 Å². The quantitative estimate of drug-likeness (QED) is 0.0298. The Morgan fingerprint density at radius 1 is 0.549 bits per heavy atom. The van der Waals surface area contributed by atoms with E-state index in [1.165, 1.54) is 4.90 Å². The zero-order chi connectivity index (χ0) is 64.1. The molecule has 10 heteroatoms. The van der Waals surface area contributed by atoms with Crippen molar-refractivity contribution in [2.24, 2.45) is 47.3 Å². The Balaban J connectivity index is -0.00000745. The van der Waals surface area contributed by atoms with Gasteiger partial charge in [0.05, 0.1) is 23.7 Å². The molecule has 82 heavy (non-hydrogen) atoms. The lowest BCUT2D eigenvalue weighted by Gasteiger charge is -2.35. The number of allylic oxidation sites excluding steroid dienone is 2. The predicted octanol–water partition coefficient (Wildman–Crippen LogP) is 17.0. The van der Waals surface area contributed by atoms with E-state index in [1.807, 2.05) is 157 Å². The van der Waals surface area contributed by atoms with Crippen LogP contribution in [0.4, 0.5) is 0 Å². The molecule has 0 bridgehead atoms. The number of nitrogens with zero attached hydrogens (tertiary/aromatic N) is 2. The van der Waals surface area contributed by atoms with E-state index < -0.39 is 65.9 Å². The Hall–Kier alpha value is -5.91. The fourth-order valence-corrected chi connectivity index (χ4v) is 9.35. The van der Waals surface area contributed by atoms with Gasteiger partial charge < -0.3 is 24.0 Å². The number of benzene rings is 2. The smallest absolute Gasteiger partial charge is 0.310 e. The number of ketones is 3. The SMILES string of the molecule is C=C=C(O[C@H](Cc1ccc(C)cc1)C(=C=C)N(C)[C@@H](CC(C)C)C(C)=O)[C@@H](CC(=O)[C@@H](C)OC(=C=C)[C@H](CC(C)C)N(C)C(=O)[C@@H](Cc1ccc(C)cc1)OC(=O)[C@H](CC(C)C)C(C)C(=O)[C@@H](C)C=C)CC(C)C.CC.CC.CC.CC. The van der Waals surface area contributed by atoms with E-state index in [0.717, 1.165) is 22.3 Å². The summed E-state index contributed by atoms with van der Waals surface area (Å²) in [6.07, 6.45) is 1.20. The van der Waals surface area contributed by atoms with Crippen molar-refractivity contribution in [3.8, 4) is 0 Å². The van der Waals surface area contributed by atoms with E-state index in [1.54, 1.807) is 40.8 Å². The van der Waals surface area contributed by atoms with Gasteiger partial charge in [-0.2, -0.15) is 0 Å². The first-order valence-electron chi connectivity index (χ1n) is 30.7. The molecule has 2 rings (SSSR count). The van der Waals surface area contributed by atoms with E-state index in [0.29, 0.717) is 43.6 Å². The first-order valence-corrected chi connectivity index (χ1v) is 30.7. The van der Waals surface area contributed by atoms with Gasteiger partial charge >= 0.3 is 5.97 Å². The fraction of sp³-hybridized carbons (Fsp3) is 0.611. The summed E-state index contributed by atoms with van der Waals surface area (Å²) in [4.78, 5) is 73.8. The largest absolute Gasteiger partial charge is 0.479 e. The normalized spacial score (nSPS) is 13.8. The predicted molar refractivity (Wildman–Crippen MR) is 345 cm³/mol. The molecule has 0 saturated carbocycles. The summed E-state index contributed by atoms with van der Waals surface area (Å²) in [5, 5.41) is 0. The van der Waals surface area contributed by atoms with Gasteiger partial charge in [0, 0.05) is 51.1 Å². The van der Waals surface area contributed by atoms with Gasteiger partial charge in [0.15, 0.2) is 35.6 Å². The van der Waals surface area contributed by atoms with Gasteiger partial charge in [-0.3, -0.25) is 24.0 Å². The van der Waals surface area contributed by atoms with Gasteiger partial charge in [0.1, 0.15) is 11.5 Å². The van der Waals surface area contributed by atoms with Crippen LogP contribution in [0.15, 0.2) is 115 Å². The van der Waals surface area contributed by atoms with Crippen LogP contribution in [-0.4, -0.2) is 83.5 Å². The summed E-state index contributed by atoms with van der Waals surface area (Å²) in [6.45, 7) is 59.0. The Morgan fingerprint density at radius 2 is 0.976 bits per heavy atom. The number of rotatable bonds is 33. The second-order valence-electron chi connectivity index (χ2n) is 22.2. The third-order valence-electron chi connectivity index (χ3n) is 13.8. The van der Waals surface area contributed by atoms with Crippen LogP contribution in [0.2, 0.25) is 0 Å². The molecule has 0 aliphatic carbocycles. The summed E-state index contributed by atoms with van der Waals surface area (Å²) in [7, 11) is 3.51. The Kier molecular flexibility index (Phi) is 42.8. The molecule has 0 heterocycles. The molecule has 0 radical (unpaired) electrons. The summed E-state index contributed by atoms with van der Waals surface area (Å²) in [5.41, 5.74) is 13.7. The standard InChI is InChI=1S/C64H92N2O8.4C2H6/c1-21-46(15)62(69)47(16)53(34-41(7)8)64(71)74-61(38-51-31-27-45(14)28-32-51)63(70)66(20)56(36-43(11)12)59(24-4)72-49(18)57(68)39-52(33-40(5)6)58(23-3)73-60(37-50-29-25-44(13)26-30-50)54(22-2)65(19)55(48(17)67)35-42(9)10;4*1-2/h21,25-32,40-43,46-47,49,52-53,55-56,60-61H,1-4,33-39H2,5-20H3;4*1-2H3/t46-,47?,49+,52+,53+,55-,56-,60+,61+;;;;/m0..../s1. The van der Waals surface area contributed by atoms with Gasteiger partial charge in [-0.1, -0.05) is 222 Å². The third-order valence-corrected chi connectivity index (χ3v) is 13.8. The van der Waals surface area contributed by atoms with E-state index in [-0.39, 0.29) is 59.6 Å². The van der Waals surface area contributed by atoms with E-state index in [2.05, 4.69) is 71.2 Å². The highest BCUT2D eigenvalue weighted by Gasteiger charge is 2.39. The van der Waals surface area contributed by atoms with Crippen LogP contribution in [0.3, 0.4) is 0 Å². The van der Waals surface area contributed by atoms with Crippen LogP contribution in [0.5, 0.6) is 0 Å². The molecule has 9 atom stereocenters. The monoisotopic (exact) mass is 1140 g/mol. The van der Waals surface area contributed by atoms with Crippen LogP contribution in [0.1, 0.15) is 193 Å². The number of carbonyl (C=O) groups excluding carboxylic acids is 5. The molecule has 462 valence electrons. The number of likely N-dealkylation sites (N-methyl/N-ethyl adjacent to an activating group) is 2. The second kappa shape index (κ2) is 43.7. The summed E-state index contributed by atoms with van der Waals surface area (Å²) in [5.74, 6) is -2.68. The van der Waals surface area contributed by atoms with Crippen molar-refractivity contribution in [2.45, 2.75) is 228 Å². The highest BCUT2D eigenvalue weighted by Crippen LogP contribution is 2.32. The van der Waals surface area contributed by atoms with Gasteiger partial charge in [0.25, 0.3) is 5.91 Å². The lowest BCUT2D eigenvalue weighted by molar-refractivity contribution is -0.167. The van der Waals surface area contributed by atoms with E-state index >= 15 is 0 Å².